The van der Waals surface area contributed by atoms with Crippen molar-refractivity contribution in [1.82, 2.24) is 10.3 Å². The second kappa shape index (κ2) is 5.15. The lowest BCUT2D eigenvalue weighted by Gasteiger charge is -2.20. The Hall–Kier alpha value is -0.930. The predicted molar refractivity (Wildman–Crippen MR) is 70.3 cm³/mol. The van der Waals surface area contributed by atoms with Crippen molar-refractivity contribution < 1.29 is 0 Å². The molecule has 0 spiro atoms. The van der Waals surface area contributed by atoms with Crippen LogP contribution < -0.4 is 11.1 Å². The fraction of sp³-hybridized carbons (Fsp3) is 0.643. The van der Waals surface area contributed by atoms with Gasteiger partial charge in [0, 0.05) is 25.8 Å². The third kappa shape index (κ3) is 3.05. The molecular weight excluding hydrogens is 210 g/mol. The standard InChI is InChI=1S/C14H23N3/c1-11(2)14(4-5-14)10-16-9-12-3-6-17-13(7-12)8-15/h3,6-7,11,16H,4-5,8-10,15H2,1-2H3. The van der Waals surface area contributed by atoms with Crippen LogP contribution in [0.1, 0.15) is 37.9 Å². The smallest absolute Gasteiger partial charge is 0.0542 e. The van der Waals surface area contributed by atoms with Crippen LogP contribution >= 0.6 is 0 Å². The lowest BCUT2D eigenvalue weighted by Crippen LogP contribution is -2.27. The zero-order chi connectivity index (χ0) is 12.3. The fourth-order valence-corrected chi connectivity index (χ4v) is 2.32. The monoisotopic (exact) mass is 233 g/mol. The Morgan fingerprint density at radius 3 is 2.82 bits per heavy atom. The van der Waals surface area contributed by atoms with E-state index in [0.29, 0.717) is 12.0 Å². The molecule has 2 rings (SSSR count). The van der Waals surface area contributed by atoms with Crippen molar-refractivity contribution in [3.8, 4) is 0 Å². The van der Waals surface area contributed by atoms with Crippen LogP contribution in [0.3, 0.4) is 0 Å². The minimum absolute atomic E-state index is 0.518. The highest BCUT2D eigenvalue weighted by molar-refractivity contribution is 5.16. The summed E-state index contributed by atoms with van der Waals surface area (Å²) < 4.78 is 0. The summed E-state index contributed by atoms with van der Waals surface area (Å²) in [6.45, 7) is 7.22. The van der Waals surface area contributed by atoms with Crippen molar-refractivity contribution in [1.29, 1.82) is 0 Å². The number of nitrogens with one attached hydrogen (secondary N) is 1. The van der Waals surface area contributed by atoms with Gasteiger partial charge in [0.15, 0.2) is 0 Å². The summed E-state index contributed by atoms with van der Waals surface area (Å²) in [6.07, 6.45) is 4.60. The second-order valence-electron chi connectivity index (χ2n) is 5.48. The average Bonchev–Trinajstić information content (AvgIpc) is 3.11. The minimum Gasteiger partial charge on any atom is -0.325 e. The Bertz CT molecular complexity index is 369. The fourth-order valence-electron chi connectivity index (χ4n) is 2.32. The van der Waals surface area contributed by atoms with E-state index in [1.54, 1.807) is 0 Å². The van der Waals surface area contributed by atoms with Gasteiger partial charge < -0.3 is 11.1 Å². The van der Waals surface area contributed by atoms with Gasteiger partial charge in [-0.05, 0) is 41.9 Å². The summed E-state index contributed by atoms with van der Waals surface area (Å²) in [7, 11) is 0. The lowest BCUT2D eigenvalue weighted by atomic mass is 9.92. The molecule has 0 unspecified atom stereocenters. The first-order valence-corrected chi connectivity index (χ1v) is 6.51. The largest absolute Gasteiger partial charge is 0.325 e. The molecule has 1 fully saturated rings. The van der Waals surface area contributed by atoms with E-state index >= 15 is 0 Å². The molecular formula is C14H23N3. The summed E-state index contributed by atoms with van der Waals surface area (Å²) in [5.41, 5.74) is 8.40. The molecule has 1 aliphatic rings. The molecule has 1 saturated carbocycles. The molecule has 3 heteroatoms. The van der Waals surface area contributed by atoms with Gasteiger partial charge in [-0.15, -0.1) is 0 Å². The maximum atomic E-state index is 5.58. The van der Waals surface area contributed by atoms with Gasteiger partial charge in [0.25, 0.3) is 0 Å². The van der Waals surface area contributed by atoms with Gasteiger partial charge in [-0.1, -0.05) is 13.8 Å². The van der Waals surface area contributed by atoms with E-state index in [1.807, 2.05) is 6.20 Å². The molecule has 3 nitrogen and oxygen atoms in total. The highest BCUT2D eigenvalue weighted by atomic mass is 14.9. The van der Waals surface area contributed by atoms with Crippen LogP contribution in [0.5, 0.6) is 0 Å². The van der Waals surface area contributed by atoms with Crippen LogP contribution in [0.4, 0.5) is 0 Å². The molecule has 1 aliphatic carbocycles. The molecule has 17 heavy (non-hydrogen) atoms. The Morgan fingerprint density at radius 1 is 1.47 bits per heavy atom. The van der Waals surface area contributed by atoms with Gasteiger partial charge in [0.05, 0.1) is 5.69 Å². The van der Waals surface area contributed by atoms with Crippen LogP contribution in [0.25, 0.3) is 0 Å². The highest BCUT2D eigenvalue weighted by Gasteiger charge is 2.44. The molecule has 0 aliphatic heterocycles. The molecule has 1 heterocycles. The van der Waals surface area contributed by atoms with Crippen LogP contribution in [0.15, 0.2) is 18.3 Å². The zero-order valence-electron chi connectivity index (χ0n) is 10.9. The molecule has 3 N–H and O–H groups in total. The van der Waals surface area contributed by atoms with Crippen LogP contribution in [0.2, 0.25) is 0 Å². The van der Waals surface area contributed by atoms with E-state index in [-0.39, 0.29) is 0 Å². The molecule has 0 atom stereocenters. The molecule has 1 aromatic heterocycles. The van der Waals surface area contributed by atoms with Crippen LogP contribution in [-0.2, 0) is 13.1 Å². The predicted octanol–water partition coefficient (Wildman–Crippen LogP) is 2.07. The topological polar surface area (TPSA) is 50.9 Å². The molecule has 0 amide bonds. The van der Waals surface area contributed by atoms with Crippen molar-refractivity contribution in [2.24, 2.45) is 17.1 Å². The summed E-state index contributed by atoms with van der Waals surface area (Å²) in [5, 5.41) is 3.57. The van der Waals surface area contributed by atoms with Gasteiger partial charge >= 0.3 is 0 Å². The van der Waals surface area contributed by atoms with Crippen molar-refractivity contribution in [3.05, 3.63) is 29.6 Å². The first kappa shape index (κ1) is 12.5. The zero-order valence-corrected chi connectivity index (χ0v) is 10.9. The Kier molecular flexibility index (Phi) is 3.79. The second-order valence-corrected chi connectivity index (χ2v) is 5.48. The molecule has 0 aromatic carbocycles. The van der Waals surface area contributed by atoms with Crippen molar-refractivity contribution in [2.75, 3.05) is 6.54 Å². The normalized spacial score (nSPS) is 17.4. The van der Waals surface area contributed by atoms with Crippen LogP contribution in [-0.4, -0.2) is 11.5 Å². The Morgan fingerprint density at radius 2 is 2.24 bits per heavy atom. The van der Waals surface area contributed by atoms with E-state index in [1.165, 1.54) is 18.4 Å². The first-order valence-electron chi connectivity index (χ1n) is 6.51. The van der Waals surface area contributed by atoms with E-state index in [0.717, 1.165) is 24.7 Å². The van der Waals surface area contributed by atoms with Crippen molar-refractivity contribution in [3.63, 3.8) is 0 Å². The van der Waals surface area contributed by atoms with Gasteiger partial charge in [0.2, 0.25) is 0 Å². The van der Waals surface area contributed by atoms with Gasteiger partial charge in [0.1, 0.15) is 0 Å². The van der Waals surface area contributed by atoms with Crippen LogP contribution in [0, 0.1) is 11.3 Å². The SMILES string of the molecule is CC(C)C1(CNCc2ccnc(CN)c2)CC1. The lowest BCUT2D eigenvalue weighted by molar-refractivity contribution is 0.338. The number of rotatable bonds is 6. The number of nitrogens with zero attached hydrogens (tertiary/aromatic N) is 1. The van der Waals surface area contributed by atoms with E-state index < -0.39 is 0 Å². The Labute approximate surface area is 104 Å². The van der Waals surface area contributed by atoms with E-state index in [9.17, 15) is 0 Å². The quantitative estimate of drug-likeness (QED) is 0.791. The first-order chi connectivity index (χ1) is 8.16. The summed E-state index contributed by atoms with van der Waals surface area (Å²) in [5.74, 6) is 0.784. The number of aromatic nitrogens is 1. The maximum Gasteiger partial charge on any atom is 0.0542 e. The number of nitrogens with two attached hydrogens (primary N) is 1. The van der Waals surface area contributed by atoms with E-state index in [2.05, 4.69) is 36.3 Å². The molecule has 0 saturated heterocycles. The van der Waals surface area contributed by atoms with Gasteiger partial charge in [-0.3, -0.25) is 4.98 Å². The highest BCUT2D eigenvalue weighted by Crippen LogP contribution is 2.51. The third-order valence-corrected chi connectivity index (χ3v) is 4.01. The molecule has 0 radical (unpaired) electrons. The number of hydrogen-bond donors (Lipinski definition) is 2. The van der Waals surface area contributed by atoms with E-state index in [4.69, 9.17) is 5.73 Å². The minimum atomic E-state index is 0.518. The number of hydrogen-bond acceptors (Lipinski definition) is 3. The Balaban J connectivity index is 1.82. The number of pyridine rings is 1. The summed E-state index contributed by atoms with van der Waals surface area (Å²) in [6, 6.07) is 4.14. The summed E-state index contributed by atoms with van der Waals surface area (Å²) >= 11 is 0. The average molecular weight is 233 g/mol. The molecule has 0 bridgehead atoms. The summed E-state index contributed by atoms with van der Waals surface area (Å²) in [4.78, 5) is 4.20. The maximum absolute atomic E-state index is 5.58. The van der Waals surface area contributed by atoms with Crippen molar-refractivity contribution >= 4 is 0 Å². The molecule has 94 valence electrons. The van der Waals surface area contributed by atoms with Gasteiger partial charge in [-0.25, -0.2) is 0 Å². The third-order valence-electron chi connectivity index (χ3n) is 4.01. The molecule has 1 aromatic rings. The van der Waals surface area contributed by atoms with Gasteiger partial charge in [-0.2, -0.15) is 0 Å². The van der Waals surface area contributed by atoms with Crippen molar-refractivity contribution in [2.45, 2.75) is 39.8 Å².